The lowest BCUT2D eigenvalue weighted by Crippen LogP contribution is -2.44. The second-order valence-electron chi connectivity index (χ2n) is 6.68. The highest BCUT2D eigenvalue weighted by Gasteiger charge is 2.17. The van der Waals surface area contributed by atoms with E-state index in [9.17, 15) is 4.79 Å². The van der Waals surface area contributed by atoms with Gasteiger partial charge in [0.15, 0.2) is 5.96 Å². The van der Waals surface area contributed by atoms with Crippen molar-refractivity contribution in [1.29, 1.82) is 0 Å². The molecule has 0 aliphatic carbocycles. The minimum atomic E-state index is 0.137. The lowest BCUT2D eigenvalue weighted by Gasteiger charge is -2.17. The number of guanidine groups is 1. The summed E-state index contributed by atoms with van der Waals surface area (Å²) in [6, 6.07) is 12.3. The maximum Gasteiger partial charge on any atom is 0.241 e. The number of likely N-dealkylation sites (tertiary alicyclic amines) is 1. The van der Waals surface area contributed by atoms with E-state index in [0.717, 1.165) is 54.6 Å². The molecular formula is C21H28N4O2. The highest BCUT2D eigenvalue weighted by molar-refractivity contribution is 5.87. The molecule has 144 valence electrons. The number of rotatable bonds is 6. The zero-order valence-electron chi connectivity index (χ0n) is 16.1. The highest BCUT2D eigenvalue weighted by atomic mass is 16.5. The number of carbonyl (C=O) groups excluding carboxylic acids is 1. The third-order valence-electron chi connectivity index (χ3n) is 4.74. The lowest BCUT2D eigenvalue weighted by atomic mass is 10.1. The minimum absolute atomic E-state index is 0.137. The van der Waals surface area contributed by atoms with E-state index in [0.29, 0.717) is 12.5 Å². The Morgan fingerprint density at radius 3 is 2.59 bits per heavy atom. The maximum absolute atomic E-state index is 12.2. The molecule has 2 aromatic carbocycles. The maximum atomic E-state index is 12.2. The molecule has 0 radical (unpaired) electrons. The molecule has 1 heterocycles. The third-order valence-corrected chi connectivity index (χ3v) is 4.74. The zero-order chi connectivity index (χ0) is 19.1. The molecule has 1 fully saturated rings. The van der Waals surface area contributed by atoms with Crippen LogP contribution in [0.1, 0.15) is 25.3 Å². The van der Waals surface area contributed by atoms with Crippen LogP contribution in [0.2, 0.25) is 0 Å². The number of hydrogen-bond donors (Lipinski definition) is 2. The van der Waals surface area contributed by atoms with Crippen LogP contribution in [0.3, 0.4) is 0 Å². The van der Waals surface area contributed by atoms with Crippen molar-refractivity contribution in [3.8, 4) is 5.75 Å². The lowest BCUT2D eigenvalue weighted by molar-refractivity contribution is -0.128. The molecule has 1 saturated heterocycles. The van der Waals surface area contributed by atoms with Gasteiger partial charge in [-0.15, -0.1) is 0 Å². The molecule has 0 atom stereocenters. The molecule has 0 bridgehead atoms. The Morgan fingerprint density at radius 1 is 1.11 bits per heavy atom. The molecule has 1 amide bonds. The molecule has 0 saturated carbocycles. The first-order valence-electron chi connectivity index (χ1n) is 9.56. The van der Waals surface area contributed by atoms with Gasteiger partial charge >= 0.3 is 0 Å². The Kier molecular flexibility index (Phi) is 6.52. The van der Waals surface area contributed by atoms with Gasteiger partial charge in [-0.2, -0.15) is 0 Å². The van der Waals surface area contributed by atoms with Crippen LogP contribution in [0.5, 0.6) is 5.75 Å². The number of aliphatic imine (C=N–C) groups is 1. The molecule has 1 aliphatic heterocycles. The fourth-order valence-electron chi connectivity index (χ4n) is 3.25. The summed E-state index contributed by atoms with van der Waals surface area (Å²) in [6.07, 6.45) is 2.21. The van der Waals surface area contributed by atoms with E-state index in [1.54, 1.807) is 7.11 Å². The Hall–Kier alpha value is -2.76. The molecule has 0 aromatic heterocycles. The van der Waals surface area contributed by atoms with E-state index in [4.69, 9.17) is 4.74 Å². The van der Waals surface area contributed by atoms with Crippen molar-refractivity contribution in [3.63, 3.8) is 0 Å². The van der Waals surface area contributed by atoms with Crippen LogP contribution in [-0.4, -0.2) is 50.1 Å². The SMILES string of the molecule is CCNC(=NCc1ccc2cc(OC)ccc2c1)NCC(=O)N1CCCC1. The number of fused-ring (bicyclic) bond motifs is 1. The van der Waals surface area contributed by atoms with Crippen molar-refractivity contribution in [2.24, 2.45) is 4.99 Å². The average molecular weight is 368 g/mol. The molecule has 6 heteroatoms. The van der Waals surface area contributed by atoms with Gasteiger partial charge in [-0.1, -0.05) is 18.2 Å². The summed E-state index contributed by atoms with van der Waals surface area (Å²) in [7, 11) is 1.67. The normalized spacial score (nSPS) is 14.4. The van der Waals surface area contributed by atoms with Gasteiger partial charge < -0.3 is 20.3 Å². The first kappa shape index (κ1) is 19.0. The molecule has 0 unspecified atom stereocenters. The molecule has 2 N–H and O–H groups in total. The van der Waals surface area contributed by atoms with Crippen molar-refractivity contribution in [3.05, 3.63) is 42.0 Å². The predicted molar refractivity (Wildman–Crippen MR) is 109 cm³/mol. The highest BCUT2D eigenvalue weighted by Crippen LogP contribution is 2.22. The van der Waals surface area contributed by atoms with Crippen molar-refractivity contribution in [2.75, 3.05) is 33.3 Å². The summed E-state index contributed by atoms with van der Waals surface area (Å²) >= 11 is 0. The van der Waals surface area contributed by atoms with Crippen LogP contribution in [0.25, 0.3) is 10.8 Å². The summed E-state index contributed by atoms with van der Waals surface area (Å²) < 4.78 is 5.27. The largest absolute Gasteiger partial charge is 0.497 e. The minimum Gasteiger partial charge on any atom is -0.497 e. The Balaban J connectivity index is 1.63. The van der Waals surface area contributed by atoms with E-state index in [2.05, 4.69) is 39.9 Å². The third kappa shape index (κ3) is 5.12. The molecular weight excluding hydrogens is 340 g/mol. The van der Waals surface area contributed by atoms with Crippen LogP contribution in [-0.2, 0) is 11.3 Å². The standard InChI is InChI=1S/C21H28N4O2/c1-3-22-21(24-15-20(26)25-10-4-5-11-25)23-14-16-6-7-18-13-19(27-2)9-8-17(18)12-16/h6-9,12-13H,3-5,10-11,14-15H2,1-2H3,(H2,22,23,24). The van der Waals surface area contributed by atoms with Crippen LogP contribution in [0.4, 0.5) is 0 Å². The Labute approximate surface area is 160 Å². The van der Waals surface area contributed by atoms with E-state index < -0.39 is 0 Å². The Morgan fingerprint density at radius 2 is 1.85 bits per heavy atom. The number of methoxy groups -OCH3 is 1. The van der Waals surface area contributed by atoms with Gasteiger partial charge in [0.1, 0.15) is 5.75 Å². The van der Waals surface area contributed by atoms with Crippen LogP contribution in [0.15, 0.2) is 41.4 Å². The first-order chi connectivity index (χ1) is 13.2. The number of amides is 1. The van der Waals surface area contributed by atoms with Gasteiger partial charge in [0.05, 0.1) is 20.2 Å². The van der Waals surface area contributed by atoms with E-state index in [1.807, 2.05) is 24.0 Å². The van der Waals surface area contributed by atoms with Gasteiger partial charge in [-0.3, -0.25) is 4.79 Å². The fraction of sp³-hybridized carbons (Fsp3) is 0.429. The summed E-state index contributed by atoms with van der Waals surface area (Å²) in [5.74, 6) is 1.66. The van der Waals surface area contributed by atoms with Crippen molar-refractivity contribution < 1.29 is 9.53 Å². The number of benzene rings is 2. The van der Waals surface area contributed by atoms with Crippen LogP contribution in [0, 0.1) is 0 Å². The zero-order valence-corrected chi connectivity index (χ0v) is 16.1. The second-order valence-corrected chi connectivity index (χ2v) is 6.68. The molecule has 1 aliphatic rings. The van der Waals surface area contributed by atoms with E-state index in [1.165, 1.54) is 0 Å². The van der Waals surface area contributed by atoms with Crippen molar-refractivity contribution in [2.45, 2.75) is 26.3 Å². The van der Waals surface area contributed by atoms with Crippen molar-refractivity contribution in [1.82, 2.24) is 15.5 Å². The van der Waals surface area contributed by atoms with Gasteiger partial charge in [-0.05, 0) is 54.3 Å². The molecule has 0 spiro atoms. The van der Waals surface area contributed by atoms with Crippen molar-refractivity contribution >= 4 is 22.6 Å². The summed E-state index contributed by atoms with van der Waals surface area (Å²) in [6.45, 7) is 5.34. The number of nitrogens with one attached hydrogen (secondary N) is 2. The second kappa shape index (κ2) is 9.26. The van der Waals surface area contributed by atoms with Gasteiger partial charge in [0.25, 0.3) is 0 Å². The van der Waals surface area contributed by atoms with Gasteiger partial charge in [-0.25, -0.2) is 4.99 Å². The smallest absolute Gasteiger partial charge is 0.241 e. The number of nitrogens with zero attached hydrogens (tertiary/aromatic N) is 2. The summed E-state index contributed by atoms with van der Waals surface area (Å²) in [4.78, 5) is 18.7. The topological polar surface area (TPSA) is 66.0 Å². The molecule has 2 aromatic rings. The number of hydrogen-bond acceptors (Lipinski definition) is 3. The van der Waals surface area contributed by atoms with Gasteiger partial charge in [0, 0.05) is 19.6 Å². The summed E-state index contributed by atoms with van der Waals surface area (Å²) in [5, 5.41) is 8.65. The fourth-order valence-corrected chi connectivity index (χ4v) is 3.25. The quantitative estimate of drug-likeness (QED) is 0.607. The number of ether oxygens (including phenoxy) is 1. The number of carbonyl (C=O) groups is 1. The predicted octanol–water partition coefficient (Wildman–Crippen LogP) is 2.53. The van der Waals surface area contributed by atoms with Crippen LogP contribution >= 0.6 is 0 Å². The molecule has 27 heavy (non-hydrogen) atoms. The Bertz CT molecular complexity index is 813. The average Bonchev–Trinajstić information content (AvgIpc) is 3.24. The molecule has 6 nitrogen and oxygen atoms in total. The van der Waals surface area contributed by atoms with E-state index in [-0.39, 0.29) is 12.5 Å². The van der Waals surface area contributed by atoms with E-state index >= 15 is 0 Å². The first-order valence-corrected chi connectivity index (χ1v) is 9.56. The summed E-state index contributed by atoms with van der Waals surface area (Å²) in [5.41, 5.74) is 1.12. The monoisotopic (exact) mass is 368 g/mol. The van der Waals surface area contributed by atoms with Crippen LogP contribution < -0.4 is 15.4 Å². The van der Waals surface area contributed by atoms with Gasteiger partial charge in [0.2, 0.25) is 5.91 Å². The molecule has 3 rings (SSSR count).